The van der Waals surface area contributed by atoms with Crippen LogP contribution in [-0.4, -0.2) is 19.1 Å². The average molecular weight is 905 g/mol. The zero-order chi connectivity index (χ0) is 46.6. The highest BCUT2D eigenvalue weighted by Crippen LogP contribution is 2.44. The number of para-hydroxylation sites is 2. The normalized spacial score (nSPS) is 11.9. The van der Waals surface area contributed by atoms with E-state index in [1.807, 2.05) is 24.3 Å². The Bertz CT molecular complexity index is 4620. The Morgan fingerprint density at radius 3 is 1.69 bits per heavy atom. The summed E-state index contributed by atoms with van der Waals surface area (Å²) in [6.07, 6.45) is 0. The van der Waals surface area contributed by atoms with E-state index in [0.717, 1.165) is 72.1 Å². The van der Waals surface area contributed by atoms with Crippen LogP contribution in [0, 0.1) is 0 Å². The second kappa shape index (κ2) is 15.5. The van der Waals surface area contributed by atoms with E-state index >= 15 is 0 Å². The summed E-state index contributed by atoms with van der Waals surface area (Å²) in [6, 6.07) is 87.0. The molecule has 71 heavy (non-hydrogen) atoms. The molecule has 5 nitrogen and oxygen atoms in total. The van der Waals surface area contributed by atoms with E-state index in [1.54, 1.807) is 0 Å². The number of nitrogens with zero attached hydrogens (tertiary/aromatic N) is 4. The molecule has 5 heteroatoms. The van der Waals surface area contributed by atoms with Gasteiger partial charge in [0.05, 0.1) is 27.8 Å². The zero-order valence-corrected chi connectivity index (χ0v) is 38.3. The van der Waals surface area contributed by atoms with Crippen molar-refractivity contribution in [3.05, 3.63) is 243 Å². The van der Waals surface area contributed by atoms with Crippen molar-refractivity contribution in [2.24, 2.45) is 0 Å². The number of aromatic nitrogens is 4. The van der Waals surface area contributed by atoms with Gasteiger partial charge in [-0.05, 0) is 99.8 Å². The molecule has 330 valence electrons. The minimum absolute atomic E-state index is 0.646. The van der Waals surface area contributed by atoms with Gasteiger partial charge in [0.2, 0.25) is 0 Å². The van der Waals surface area contributed by atoms with Gasteiger partial charge in [0.15, 0.2) is 11.4 Å². The number of hydrogen-bond acceptors (Lipinski definition) is 3. The van der Waals surface area contributed by atoms with Crippen LogP contribution < -0.4 is 0 Å². The molecule has 0 spiro atoms. The number of fused-ring (bicyclic) bond motifs is 12. The highest BCUT2D eigenvalue weighted by molar-refractivity contribution is 6.20. The average Bonchev–Trinajstić information content (AvgIpc) is 4.10. The SMILES string of the molecule is c1ccc(-c2ccc3oc4c(-c5ccccc5)nc(-c5ccc(-n6c7ccc(-c8ccc9c(c8)c8ccccc8n9-c8ccccc8)cc7c7ccc8ccccc8c76)c6ccccc56)nc4c3c2)cc1. The minimum atomic E-state index is 0.646. The Labute approximate surface area is 407 Å². The largest absolute Gasteiger partial charge is 0.452 e. The van der Waals surface area contributed by atoms with Crippen LogP contribution in [0.25, 0.3) is 143 Å². The molecule has 15 aromatic rings. The summed E-state index contributed by atoms with van der Waals surface area (Å²) in [6.45, 7) is 0. The molecule has 0 aliphatic carbocycles. The first-order valence-corrected chi connectivity index (χ1v) is 24.1. The van der Waals surface area contributed by atoms with Gasteiger partial charge >= 0.3 is 0 Å². The van der Waals surface area contributed by atoms with Crippen LogP contribution in [0.1, 0.15) is 0 Å². The molecule has 15 rings (SSSR count). The van der Waals surface area contributed by atoms with Gasteiger partial charge in [-0.25, -0.2) is 9.97 Å². The van der Waals surface area contributed by atoms with Gasteiger partial charge in [-0.1, -0.05) is 176 Å². The molecule has 4 aromatic heterocycles. The van der Waals surface area contributed by atoms with Gasteiger partial charge in [-0.2, -0.15) is 0 Å². The lowest BCUT2D eigenvalue weighted by atomic mass is 10.00. The molecule has 0 aliphatic heterocycles. The van der Waals surface area contributed by atoms with Crippen LogP contribution in [-0.2, 0) is 0 Å². The van der Waals surface area contributed by atoms with E-state index in [2.05, 4.69) is 228 Å². The lowest BCUT2D eigenvalue weighted by molar-refractivity contribution is 0.667. The van der Waals surface area contributed by atoms with Gasteiger partial charge in [0.25, 0.3) is 0 Å². The summed E-state index contributed by atoms with van der Waals surface area (Å²) < 4.78 is 11.5. The number of rotatable bonds is 6. The standard InChI is InChI=1S/C66H40N4O/c1-4-16-41(17-5-1)44-31-37-61-56(40-44)63-65(71-61)62(43-19-6-2-7-20-43)67-66(68-63)53-33-36-58(50-25-13-12-24-49(50)53)70-60-35-30-46(39-55(60)52-32-28-42-18-10-11-23-48(42)64(52)70)45-29-34-59-54(38-45)51-26-14-15-27-57(51)69(59)47-21-8-3-9-22-47/h1-40H. The quantitative estimate of drug-likeness (QED) is 0.167. The molecule has 0 N–H and O–H groups in total. The van der Waals surface area contributed by atoms with Gasteiger partial charge in [0, 0.05) is 54.5 Å². The maximum Gasteiger partial charge on any atom is 0.180 e. The second-order valence-corrected chi connectivity index (χ2v) is 18.5. The summed E-state index contributed by atoms with van der Waals surface area (Å²) in [7, 11) is 0. The third-order valence-corrected chi connectivity index (χ3v) is 14.5. The fraction of sp³-hybridized carbons (Fsp3) is 0. The summed E-state index contributed by atoms with van der Waals surface area (Å²) in [5, 5.41) is 10.4. The first-order valence-electron chi connectivity index (χ1n) is 24.1. The molecule has 0 saturated carbocycles. The van der Waals surface area contributed by atoms with Gasteiger partial charge in [0.1, 0.15) is 16.8 Å². The van der Waals surface area contributed by atoms with Crippen LogP contribution in [0.15, 0.2) is 247 Å². The fourth-order valence-electron chi connectivity index (χ4n) is 11.3. The highest BCUT2D eigenvalue weighted by Gasteiger charge is 2.23. The monoisotopic (exact) mass is 904 g/mol. The molecular formula is C66H40N4O. The Kier molecular flexibility index (Phi) is 8.59. The number of hydrogen-bond donors (Lipinski definition) is 0. The van der Waals surface area contributed by atoms with Crippen LogP contribution >= 0.6 is 0 Å². The van der Waals surface area contributed by atoms with Crippen molar-refractivity contribution in [2.75, 3.05) is 0 Å². The van der Waals surface area contributed by atoms with Crippen LogP contribution in [0.2, 0.25) is 0 Å². The van der Waals surface area contributed by atoms with E-state index in [9.17, 15) is 0 Å². The molecule has 11 aromatic carbocycles. The number of benzene rings is 11. The third-order valence-electron chi connectivity index (χ3n) is 14.5. The molecule has 0 fully saturated rings. The predicted octanol–water partition coefficient (Wildman–Crippen LogP) is 17.5. The molecule has 0 aliphatic rings. The molecule has 0 amide bonds. The fourth-order valence-corrected chi connectivity index (χ4v) is 11.3. The molecular weight excluding hydrogens is 865 g/mol. The first-order chi connectivity index (χ1) is 35.2. The van der Waals surface area contributed by atoms with E-state index in [4.69, 9.17) is 14.4 Å². The first kappa shape index (κ1) is 39.4. The molecule has 0 unspecified atom stereocenters. The number of furan rings is 1. The van der Waals surface area contributed by atoms with Crippen molar-refractivity contribution in [1.82, 2.24) is 19.1 Å². The van der Waals surface area contributed by atoms with Crippen LogP contribution in [0.3, 0.4) is 0 Å². The van der Waals surface area contributed by atoms with Crippen LogP contribution in [0.4, 0.5) is 0 Å². The van der Waals surface area contributed by atoms with Gasteiger partial charge < -0.3 is 13.6 Å². The van der Waals surface area contributed by atoms with Crippen molar-refractivity contribution < 1.29 is 4.42 Å². The van der Waals surface area contributed by atoms with Crippen molar-refractivity contribution in [3.8, 4) is 56.3 Å². The Hall–Kier alpha value is -9.58. The molecule has 0 atom stereocenters. The lowest BCUT2D eigenvalue weighted by Crippen LogP contribution is -1.99. The second-order valence-electron chi connectivity index (χ2n) is 18.5. The minimum Gasteiger partial charge on any atom is -0.452 e. The van der Waals surface area contributed by atoms with E-state index in [1.165, 1.54) is 60.0 Å². The van der Waals surface area contributed by atoms with Crippen LogP contribution in [0.5, 0.6) is 0 Å². The molecule has 0 saturated heterocycles. The predicted molar refractivity (Wildman–Crippen MR) is 295 cm³/mol. The van der Waals surface area contributed by atoms with Crippen molar-refractivity contribution >= 4 is 87.2 Å². The van der Waals surface area contributed by atoms with Gasteiger partial charge in [-0.3, -0.25) is 0 Å². The summed E-state index contributed by atoms with van der Waals surface area (Å²) in [4.78, 5) is 10.8. The maximum absolute atomic E-state index is 6.65. The van der Waals surface area contributed by atoms with Gasteiger partial charge in [-0.15, -0.1) is 0 Å². The maximum atomic E-state index is 6.65. The van der Waals surface area contributed by atoms with E-state index in [-0.39, 0.29) is 0 Å². The summed E-state index contributed by atoms with van der Waals surface area (Å²) >= 11 is 0. The van der Waals surface area contributed by atoms with E-state index < -0.39 is 0 Å². The summed E-state index contributed by atoms with van der Waals surface area (Å²) in [5.41, 5.74) is 16.5. The van der Waals surface area contributed by atoms with Crippen molar-refractivity contribution in [3.63, 3.8) is 0 Å². The molecule has 0 radical (unpaired) electrons. The Balaban J connectivity index is 0.939. The van der Waals surface area contributed by atoms with E-state index in [0.29, 0.717) is 11.4 Å². The Morgan fingerprint density at radius 2 is 0.915 bits per heavy atom. The Morgan fingerprint density at radius 1 is 0.338 bits per heavy atom. The van der Waals surface area contributed by atoms with Crippen molar-refractivity contribution in [2.45, 2.75) is 0 Å². The van der Waals surface area contributed by atoms with Crippen molar-refractivity contribution in [1.29, 1.82) is 0 Å². The smallest absolute Gasteiger partial charge is 0.180 e. The zero-order valence-electron chi connectivity index (χ0n) is 38.3. The highest BCUT2D eigenvalue weighted by atomic mass is 16.3. The molecule has 0 bridgehead atoms. The topological polar surface area (TPSA) is 48.8 Å². The third kappa shape index (κ3) is 6.06. The lowest BCUT2D eigenvalue weighted by Gasteiger charge is -2.16. The summed E-state index contributed by atoms with van der Waals surface area (Å²) in [5.74, 6) is 0.646. The molecule has 4 heterocycles.